The highest BCUT2D eigenvalue weighted by Crippen LogP contribution is 2.38. The minimum Gasteiger partial charge on any atom is -0.395 e. The lowest BCUT2D eigenvalue weighted by Gasteiger charge is -2.24. The van der Waals surface area contributed by atoms with Crippen molar-refractivity contribution in [3.63, 3.8) is 0 Å². The first-order chi connectivity index (χ1) is 6.59. The molecule has 92 valence electrons. The Balaban J connectivity index is 4.42. The zero-order valence-corrected chi connectivity index (χ0v) is 7.78. The maximum Gasteiger partial charge on any atom is 0.401 e. The van der Waals surface area contributed by atoms with Crippen LogP contribution in [0.1, 0.15) is 6.92 Å². The first-order valence-electron chi connectivity index (χ1n) is 4.06. The van der Waals surface area contributed by atoms with Gasteiger partial charge in [-0.3, -0.25) is 0 Å². The van der Waals surface area contributed by atoms with Gasteiger partial charge in [0.25, 0.3) is 0 Å². The van der Waals surface area contributed by atoms with Gasteiger partial charge in [0.2, 0.25) is 0 Å². The Morgan fingerprint density at radius 1 is 1.07 bits per heavy atom. The summed E-state index contributed by atoms with van der Waals surface area (Å²) in [5.41, 5.74) is 0. The van der Waals surface area contributed by atoms with Gasteiger partial charge in [0.15, 0.2) is 5.92 Å². The van der Waals surface area contributed by atoms with Crippen molar-refractivity contribution < 1.29 is 31.4 Å². The summed E-state index contributed by atoms with van der Waals surface area (Å²) in [6.07, 6.45) is -10.7. The Kier molecular flexibility index (Phi) is 4.85. The normalized spacial score (nSPS) is 15.8. The highest BCUT2D eigenvalue weighted by atomic mass is 19.4. The molecule has 0 aromatic carbocycles. The van der Waals surface area contributed by atoms with Crippen molar-refractivity contribution in [3.8, 4) is 0 Å². The molecule has 0 heterocycles. The maximum absolute atomic E-state index is 11.9. The van der Waals surface area contributed by atoms with E-state index < -0.39 is 37.5 Å². The molecule has 0 bridgehead atoms. The molecule has 2 N–H and O–H groups in total. The molecule has 0 aliphatic rings. The highest BCUT2D eigenvalue weighted by molar-refractivity contribution is 4.78. The Morgan fingerprint density at radius 3 is 1.73 bits per heavy atom. The van der Waals surface area contributed by atoms with E-state index >= 15 is 0 Å². The van der Waals surface area contributed by atoms with Crippen molar-refractivity contribution in [2.24, 2.45) is 5.92 Å². The van der Waals surface area contributed by atoms with Crippen LogP contribution in [0.15, 0.2) is 0 Å². The topological polar surface area (TPSA) is 32.3 Å². The maximum atomic E-state index is 11.9. The highest BCUT2D eigenvalue weighted by Gasteiger charge is 2.56. The molecule has 1 unspecified atom stereocenters. The number of hydrogen-bond donors (Lipinski definition) is 2. The van der Waals surface area contributed by atoms with Crippen molar-refractivity contribution >= 4 is 0 Å². The zero-order chi connectivity index (χ0) is 12.3. The summed E-state index contributed by atoms with van der Waals surface area (Å²) in [5.74, 6) is -3.40. The fraction of sp³-hybridized carbons (Fsp3) is 1.00. The van der Waals surface area contributed by atoms with Gasteiger partial charge in [0.1, 0.15) is 0 Å². The number of nitrogens with one attached hydrogen (secondary N) is 1. The summed E-state index contributed by atoms with van der Waals surface area (Å²) in [6.45, 7) is -0.527. The van der Waals surface area contributed by atoms with Crippen molar-refractivity contribution in [1.29, 1.82) is 0 Å². The predicted molar refractivity (Wildman–Crippen MR) is 40.2 cm³/mol. The van der Waals surface area contributed by atoms with Crippen LogP contribution in [-0.4, -0.2) is 36.7 Å². The summed E-state index contributed by atoms with van der Waals surface area (Å²) in [6, 6.07) is -0.808. The van der Waals surface area contributed by atoms with Crippen molar-refractivity contribution in [2.45, 2.75) is 25.3 Å². The number of hydrogen-bond acceptors (Lipinski definition) is 2. The number of halogens is 6. The number of aliphatic hydroxyl groups is 1. The molecule has 0 saturated heterocycles. The third-order valence-corrected chi connectivity index (χ3v) is 1.73. The first-order valence-corrected chi connectivity index (χ1v) is 4.06. The molecule has 0 amide bonds. The van der Waals surface area contributed by atoms with Crippen LogP contribution in [0.2, 0.25) is 0 Å². The first kappa shape index (κ1) is 14.5. The summed E-state index contributed by atoms with van der Waals surface area (Å²) in [5, 5.41) is 10.4. The van der Waals surface area contributed by atoms with E-state index in [9.17, 15) is 26.3 Å². The predicted octanol–water partition coefficient (Wildman–Crippen LogP) is 1.70. The van der Waals surface area contributed by atoms with Gasteiger partial charge in [-0.15, -0.1) is 0 Å². The van der Waals surface area contributed by atoms with E-state index in [1.807, 2.05) is 5.32 Å². The lowest BCUT2D eigenvalue weighted by Crippen LogP contribution is -2.46. The van der Waals surface area contributed by atoms with Gasteiger partial charge in [-0.25, -0.2) is 0 Å². The van der Waals surface area contributed by atoms with Crippen LogP contribution >= 0.6 is 0 Å². The standard InChI is InChI=1S/C7H11F6NO/c1-4(3-15)14-2-5(6(8,9)10)7(11,12)13/h4-5,14-15H,2-3H2,1H3. The van der Waals surface area contributed by atoms with E-state index in [0.29, 0.717) is 0 Å². The van der Waals surface area contributed by atoms with Gasteiger partial charge in [0, 0.05) is 12.6 Å². The summed E-state index contributed by atoms with van der Waals surface area (Å²) in [4.78, 5) is 0. The van der Waals surface area contributed by atoms with E-state index in [4.69, 9.17) is 5.11 Å². The van der Waals surface area contributed by atoms with E-state index in [0.717, 1.165) is 0 Å². The Bertz CT molecular complexity index is 175. The molecule has 0 rings (SSSR count). The molecule has 8 heteroatoms. The molecule has 0 aromatic rings. The monoisotopic (exact) mass is 239 g/mol. The Hall–Kier alpha value is -0.500. The fourth-order valence-electron chi connectivity index (χ4n) is 0.801. The third-order valence-electron chi connectivity index (χ3n) is 1.73. The molecule has 0 fully saturated rings. The van der Waals surface area contributed by atoms with Crippen molar-refractivity contribution in [2.75, 3.05) is 13.2 Å². The lowest BCUT2D eigenvalue weighted by molar-refractivity contribution is -0.282. The van der Waals surface area contributed by atoms with E-state index in [1.165, 1.54) is 6.92 Å². The van der Waals surface area contributed by atoms with E-state index in [-0.39, 0.29) is 0 Å². The van der Waals surface area contributed by atoms with Gasteiger partial charge >= 0.3 is 12.4 Å². The Morgan fingerprint density at radius 2 is 1.47 bits per heavy atom. The average molecular weight is 239 g/mol. The van der Waals surface area contributed by atoms with Gasteiger partial charge in [0.05, 0.1) is 6.61 Å². The van der Waals surface area contributed by atoms with Crippen LogP contribution in [0.5, 0.6) is 0 Å². The van der Waals surface area contributed by atoms with Crippen LogP contribution in [0.25, 0.3) is 0 Å². The molecule has 0 saturated carbocycles. The van der Waals surface area contributed by atoms with Crippen LogP contribution in [0, 0.1) is 5.92 Å². The van der Waals surface area contributed by atoms with Crippen LogP contribution in [-0.2, 0) is 0 Å². The summed E-state index contributed by atoms with van der Waals surface area (Å²) < 4.78 is 71.7. The summed E-state index contributed by atoms with van der Waals surface area (Å²) in [7, 11) is 0. The molecule has 15 heavy (non-hydrogen) atoms. The van der Waals surface area contributed by atoms with Crippen LogP contribution in [0.3, 0.4) is 0 Å². The quantitative estimate of drug-likeness (QED) is 0.732. The summed E-state index contributed by atoms with van der Waals surface area (Å²) >= 11 is 0. The Labute approximate surface area is 82.3 Å². The number of alkyl halides is 6. The molecule has 0 radical (unpaired) electrons. The fourth-order valence-corrected chi connectivity index (χ4v) is 0.801. The zero-order valence-electron chi connectivity index (χ0n) is 7.78. The largest absolute Gasteiger partial charge is 0.401 e. The van der Waals surface area contributed by atoms with Crippen molar-refractivity contribution in [1.82, 2.24) is 5.32 Å². The third kappa shape index (κ3) is 5.22. The van der Waals surface area contributed by atoms with Crippen LogP contribution in [0.4, 0.5) is 26.3 Å². The molecule has 1 atom stereocenters. The van der Waals surface area contributed by atoms with E-state index in [1.54, 1.807) is 0 Å². The van der Waals surface area contributed by atoms with Gasteiger partial charge in [-0.2, -0.15) is 26.3 Å². The minimum atomic E-state index is -5.33. The number of aliphatic hydroxyl groups excluding tert-OH is 1. The molecule has 0 aliphatic heterocycles. The van der Waals surface area contributed by atoms with Crippen LogP contribution < -0.4 is 5.32 Å². The van der Waals surface area contributed by atoms with Gasteiger partial charge in [-0.05, 0) is 6.92 Å². The lowest BCUT2D eigenvalue weighted by atomic mass is 10.1. The molecular formula is C7H11F6NO. The van der Waals surface area contributed by atoms with E-state index in [2.05, 4.69) is 0 Å². The number of rotatable bonds is 4. The smallest absolute Gasteiger partial charge is 0.395 e. The molecule has 0 aliphatic carbocycles. The second kappa shape index (κ2) is 5.02. The second-order valence-electron chi connectivity index (χ2n) is 3.13. The molecule has 0 spiro atoms. The van der Waals surface area contributed by atoms with Gasteiger partial charge < -0.3 is 10.4 Å². The molecular weight excluding hydrogens is 228 g/mol. The minimum absolute atomic E-state index is 0.525. The van der Waals surface area contributed by atoms with Crippen molar-refractivity contribution in [3.05, 3.63) is 0 Å². The average Bonchev–Trinajstić information content (AvgIpc) is 1.99. The van der Waals surface area contributed by atoms with Gasteiger partial charge in [-0.1, -0.05) is 0 Å². The SMILES string of the molecule is CC(CO)NCC(C(F)(F)F)C(F)(F)F. The molecule has 2 nitrogen and oxygen atoms in total. The second-order valence-corrected chi connectivity index (χ2v) is 3.13. The molecule has 0 aromatic heterocycles.